The van der Waals surface area contributed by atoms with E-state index in [9.17, 15) is 23.1 Å². The highest BCUT2D eigenvalue weighted by molar-refractivity contribution is 7.89. The van der Waals surface area contributed by atoms with Crippen LogP contribution in [-0.2, 0) is 19.6 Å². The summed E-state index contributed by atoms with van der Waals surface area (Å²) in [6.07, 6.45) is 5.34. The Hall–Kier alpha value is -2.13. The standard InChI is InChI=1S/C19H27N3O5S/c1-13(20-19(25)14-6-2-3-7-14)18(24)21-16-12-15(8-9-17(16)23)28(26,27)22-10-4-5-11-22/h8-9,12-14,23H,2-7,10-11H2,1H3,(H,20,25)(H,21,24). The van der Waals surface area contributed by atoms with Crippen LogP contribution < -0.4 is 10.6 Å². The van der Waals surface area contributed by atoms with Gasteiger partial charge in [-0.15, -0.1) is 0 Å². The number of nitrogens with zero attached hydrogens (tertiary/aromatic N) is 1. The van der Waals surface area contributed by atoms with Crippen LogP contribution >= 0.6 is 0 Å². The largest absolute Gasteiger partial charge is 0.506 e. The Labute approximate surface area is 165 Å². The number of anilines is 1. The summed E-state index contributed by atoms with van der Waals surface area (Å²) in [7, 11) is -3.66. The van der Waals surface area contributed by atoms with Crippen LogP contribution in [0.2, 0.25) is 0 Å². The van der Waals surface area contributed by atoms with E-state index < -0.39 is 22.0 Å². The predicted octanol–water partition coefficient (Wildman–Crippen LogP) is 1.81. The van der Waals surface area contributed by atoms with Gasteiger partial charge in [-0.05, 0) is 50.8 Å². The van der Waals surface area contributed by atoms with E-state index in [2.05, 4.69) is 10.6 Å². The van der Waals surface area contributed by atoms with Crippen molar-refractivity contribution in [3.05, 3.63) is 18.2 Å². The van der Waals surface area contributed by atoms with E-state index in [1.165, 1.54) is 22.5 Å². The van der Waals surface area contributed by atoms with Gasteiger partial charge in [-0.1, -0.05) is 12.8 Å². The van der Waals surface area contributed by atoms with Gasteiger partial charge in [0.05, 0.1) is 10.6 Å². The number of carbonyl (C=O) groups excluding carboxylic acids is 2. The summed E-state index contributed by atoms with van der Waals surface area (Å²) in [6, 6.07) is 3.03. The molecule has 2 amide bonds. The fourth-order valence-electron chi connectivity index (χ4n) is 3.68. The number of rotatable bonds is 6. The summed E-state index contributed by atoms with van der Waals surface area (Å²) in [6.45, 7) is 2.49. The van der Waals surface area contributed by atoms with Crippen molar-refractivity contribution in [2.75, 3.05) is 18.4 Å². The molecule has 1 unspecified atom stereocenters. The lowest BCUT2D eigenvalue weighted by Gasteiger charge is -2.19. The molecule has 3 N–H and O–H groups in total. The molecular weight excluding hydrogens is 382 g/mol. The maximum atomic E-state index is 12.7. The number of phenolic OH excluding ortho intramolecular Hbond substituents is 1. The van der Waals surface area contributed by atoms with Gasteiger partial charge in [-0.25, -0.2) is 8.42 Å². The lowest BCUT2D eigenvalue weighted by Crippen LogP contribution is -2.43. The van der Waals surface area contributed by atoms with Crippen LogP contribution in [0.4, 0.5) is 5.69 Å². The SMILES string of the molecule is CC(NC(=O)C1CCCC1)C(=O)Nc1cc(S(=O)(=O)N2CCCC2)ccc1O. The van der Waals surface area contributed by atoms with Gasteiger partial charge in [0.25, 0.3) is 0 Å². The van der Waals surface area contributed by atoms with Crippen molar-refractivity contribution in [3.8, 4) is 5.75 Å². The quantitative estimate of drug-likeness (QED) is 0.620. The van der Waals surface area contributed by atoms with E-state index in [1.54, 1.807) is 6.92 Å². The molecule has 2 aliphatic rings. The van der Waals surface area contributed by atoms with Crippen LogP contribution in [0.15, 0.2) is 23.1 Å². The third-order valence-corrected chi connectivity index (χ3v) is 7.30. The molecule has 8 nitrogen and oxygen atoms in total. The van der Waals surface area contributed by atoms with Crippen LogP contribution in [-0.4, -0.2) is 48.8 Å². The molecule has 1 saturated heterocycles. The number of hydrogen-bond acceptors (Lipinski definition) is 5. The first-order valence-electron chi connectivity index (χ1n) is 9.73. The number of amides is 2. The number of aromatic hydroxyl groups is 1. The van der Waals surface area contributed by atoms with Crippen molar-refractivity contribution in [2.45, 2.75) is 56.4 Å². The predicted molar refractivity (Wildman–Crippen MR) is 104 cm³/mol. The molecule has 154 valence electrons. The summed E-state index contributed by atoms with van der Waals surface area (Å²) in [5.41, 5.74) is 0.00670. The molecule has 1 atom stereocenters. The molecule has 1 aliphatic carbocycles. The van der Waals surface area contributed by atoms with Crippen molar-refractivity contribution in [3.63, 3.8) is 0 Å². The molecule has 9 heteroatoms. The zero-order valence-electron chi connectivity index (χ0n) is 16.0. The van der Waals surface area contributed by atoms with E-state index in [1.807, 2.05) is 0 Å². The lowest BCUT2D eigenvalue weighted by molar-refractivity contribution is -0.128. The fraction of sp³-hybridized carbons (Fsp3) is 0.579. The molecule has 0 spiro atoms. The number of carbonyl (C=O) groups is 2. The molecule has 3 rings (SSSR count). The monoisotopic (exact) mass is 409 g/mol. The number of sulfonamides is 1. The van der Waals surface area contributed by atoms with Crippen LogP contribution in [0.25, 0.3) is 0 Å². The highest BCUT2D eigenvalue weighted by Crippen LogP contribution is 2.29. The average Bonchev–Trinajstić information content (AvgIpc) is 3.37. The first-order valence-corrected chi connectivity index (χ1v) is 11.2. The molecule has 28 heavy (non-hydrogen) atoms. The minimum absolute atomic E-state index is 0.00670. The third-order valence-electron chi connectivity index (χ3n) is 5.41. The van der Waals surface area contributed by atoms with Gasteiger partial charge in [-0.3, -0.25) is 9.59 Å². The molecule has 1 aromatic rings. The van der Waals surface area contributed by atoms with E-state index >= 15 is 0 Å². The zero-order chi connectivity index (χ0) is 20.3. The third kappa shape index (κ3) is 4.47. The molecule has 1 aliphatic heterocycles. The fourth-order valence-corrected chi connectivity index (χ4v) is 5.22. The van der Waals surface area contributed by atoms with Crippen molar-refractivity contribution >= 4 is 27.5 Å². The average molecular weight is 410 g/mol. The maximum Gasteiger partial charge on any atom is 0.246 e. The Morgan fingerprint density at radius 1 is 1.14 bits per heavy atom. The summed E-state index contributed by atoms with van der Waals surface area (Å²) < 4.78 is 26.8. The van der Waals surface area contributed by atoms with Gasteiger partial charge in [0, 0.05) is 19.0 Å². The Morgan fingerprint density at radius 2 is 1.79 bits per heavy atom. The Balaban J connectivity index is 1.69. The maximum absolute atomic E-state index is 12.7. The number of hydrogen-bond donors (Lipinski definition) is 3. The minimum Gasteiger partial charge on any atom is -0.506 e. The lowest BCUT2D eigenvalue weighted by atomic mass is 10.1. The molecule has 0 aromatic heterocycles. The van der Waals surface area contributed by atoms with Crippen molar-refractivity contribution in [2.24, 2.45) is 5.92 Å². The minimum atomic E-state index is -3.66. The van der Waals surface area contributed by atoms with Crippen LogP contribution in [0.1, 0.15) is 45.4 Å². The Kier molecular flexibility index (Phi) is 6.24. The molecular formula is C19H27N3O5S. The van der Waals surface area contributed by atoms with Crippen molar-refractivity contribution in [1.29, 1.82) is 0 Å². The second-order valence-electron chi connectivity index (χ2n) is 7.49. The van der Waals surface area contributed by atoms with E-state index in [0.29, 0.717) is 13.1 Å². The van der Waals surface area contributed by atoms with Crippen LogP contribution in [0, 0.1) is 5.92 Å². The molecule has 0 radical (unpaired) electrons. The molecule has 1 saturated carbocycles. The molecule has 1 aromatic carbocycles. The van der Waals surface area contributed by atoms with E-state index in [-0.39, 0.29) is 28.2 Å². The van der Waals surface area contributed by atoms with Gasteiger partial charge in [0.2, 0.25) is 21.8 Å². The molecule has 1 heterocycles. The van der Waals surface area contributed by atoms with Crippen LogP contribution in [0.3, 0.4) is 0 Å². The molecule has 2 fully saturated rings. The van der Waals surface area contributed by atoms with Gasteiger partial charge in [0.1, 0.15) is 11.8 Å². The Morgan fingerprint density at radius 3 is 2.43 bits per heavy atom. The van der Waals surface area contributed by atoms with E-state index in [4.69, 9.17) is 0 Å². The van der Waals surface area contributed by atoms with Crippen molar-refractivity contribution in [1.82, 2.24) is 9.62 Å². The number of benzene rings is 1. The van der Waals surface area contributed by atoms with Crippen LogP contribution in [0.5, 0.6) is 5.75 Å². The van der Waals surface area contributed by atoms with Gasteiger partial charge in [-0.2, -0.15) is 4.31 Å². The second-order valence-corrected chi connectivity index (χ2v) is 9.43. The second kappa shape index (κ2) is 8.48. The highest BCUT2D eigenvalue weighted by Gasteiger charge is 2.29. The van der Waals surface area contributed by atoms with E-state index in [0.717, 1.165) is 38.5 Å². The summed E-state index contributed by atoms with van der Waals surface area (Å²) in [4.78, 5) is 24.6. The summed E-state index contributed by atoms with van der Waals surface area (Å²) in [5.74, 6) is -0.951. The normalized spacial score (nSPS) is 19.5. The zero-order valence-corrected chi connectivity index (χ0v) is 16.8. The number of phenols is 1. The van der Waals surface area contributed by atoms with Gasteiger partial charge >= 0.3 is 0 Å². The highest BCUT2D eigenvalue weighted by atomic mass is 32.2. The number of nitrogens with one attached hydrogen (secondary N) is 2. The summed E-state index contributed by atoms with van der Waals surface area (Å²) in [5, 5.41) is 15.3. The first kappa shape index (κ1) is 20.6. The topological polar surface area (TPSA) is 116 Å². The smallest absolute Gasteiger partial charge is 0.246 e. The van der Waals surface area contributed by atoms with Gasteiger partial charge < -0.3 is 15.7 Å². The van der Waals surface area contributed by atoms with Gasteiger partial charge in [0.15, 0.2) is 0 Å². The summed E-state index contributed by atoms with van der Waals surface area (Å²) >= 11 is 0. The first-order chi connectivity index (χ1) is 13.3. The van der Waals surface area contributed by atoms with Crippen molar-refractivity contribution < 1.29 is 23.1 Å². The Bertz CT molecular complexity index is 843. The molecule has 0 bridgehead atoms.